The molecule has 2 nitrogen and oxygen atoms in total. The Morgan fingerprint density at radius 1 is 0.222 bits per heavy atom. The Hall–Kier alpha value is -10.9. The van der Waals surface area contributed by atoms with Crippen LogP contribution in [0.5, 0.6) is 0 Å². The van der Waals surface area contributed by atoms with Crippen LogP contribution in [0.15, 0.2) is 231 Å². The second-order valence-electron chi connectivity index (χ2n) is 22.5. The summed E-state index contributed by atoms with van der Waals surface area (Å²) < 4.78 is 0. The van der Waals surface area contributed by atoms with E-state index in [1.165, 1.54) is 175 Å². The molecule has 17 aromatic carbocycles. The summed E-state index contributed by atoms with van der Waals surface area (Å²) in [6, 6.07) is 90.3. The predicted molar refractivity (Wildman–Crippen MR) is 339 cm³/mol. The van der Waals surface area contributed by atoms with Crippen molar-refractivity contribution in [3.63, 3.8) is 0 Å². The average molecular weight is 1020 g/mol. The van der Waals surface area contributed by atoms with E-state index in [2.05, 4.69) is 231 Å². The number of rotatable bonds is 4. The van der Waals surface area contributed by atoms with Crippen LogP contribution in [0.2, 0.25) is 0 Å². The fraction of sp³-hybridized carbons (Fsp3) is 0.0127. The Morgan fingerprint density at radius 3 is 1.17 bits per heavy atom. The summed E-state index contributed by atoms with van der Waals surface area (Å²) in [5, 5.41) is 45.5. The number of hydrogen-bond acceptors (Lipinski definition) is 2. The van der Waals surface area contributed by atoms with Gasteiger partial charge in [-0.1, -0.05) is 218 Å². The minimum absolute atomic E-state index is 0.699. The second-order valence-corrected chi connectivity index (χ2v) is 22.5. The highest BCUT2D eigenvalue weighted by atomic mass is 14.4. The van der Waals surface area contributed by atoms with Crippen LogP contribution in [0.3, 0.4) is 0 Å². The zero-order valence-corrected chi connectivity index (χ0v) is 43.5. The molecule has 0 radical (unpaired) electrons. The van der Waals surface area contributed by atoms with Crippen LogP contribution in [0.4, 0.5) is 0 Å². The van der Waals surface area contributed by atoms with E-state index in [9.17, 15) is 10.5 Å². The van der Waals surface area contributed by atoms with Gasteiger partial charge in [-0.3, -0.25) is 0 Å². The molecular weight excluding hydrogens is 977 g/mol. The SMILES string of the molecule is N#Cc1ccc2c3c(cccc13)-c1c(-c3ccccc3)c3c(c(-c4ccccc4)c1-2)-c1ccc2c4ccc5c6c(-c7ccccc7)c7c8cccc9c(C#N)ccc(c7c(-c7ccccc7)c6c6ccc(c7ccc(c1c72)C3)c4c65)c98. The van der Waals surface area contributed by atoms with Gasteiger partial charge in [-0.15, -0.1) is 0 Å². The summed E-state index contributed by atoms with van der Waals surface area (Å²) in [6.45, 7) is 0. The molecule has 0 amide bonds. The van der Waals surface area contributed by atoms with Crippen LogP contribution in [-0.4, -0.2) is 0 Å². The quantitative estimate of drug-likeness (QED) is 0.130. The van der Waals surface area contributed by atoms with E-state index in [1.54, 1.807) is 0 Å². The zero-order chi connectivity index (χ0) is 52.9. The van der Waals surface area contributed by atoms with Crippen LogP contribution in [0.25, 0.3) is 186 Å². The van der Waals surface area contributed by atoms with Gasteiger partial charge in [-0.05, 0) is 205 Å². The maximum Gasteiger partial charge on any atom is 0.0998 e. The number of fused-ring (bicyclic) bond motifs is 13. The molecule has 0 fully saturated rings. The molecule has 2 aliphatic carbocycles. The third-order valence-corrected chi connectivity index (χ3v) is 18.9. The minimum Gasteiger partial charge on any atom is -0.192 e. The summed E-state index contributed by atoms with van der Waals surface area (Å²) >= 11 is 0. The molecule has 0 aromatic heterocycles. The maximum absolute atomic E-state index is 10.5. The molecule has 0 heterocycles. The van der Waals surface area contributed by atoms with Crippen molar-refractivity contribution in [3.8, 4) is 90.0 Å². The van der Waals surface area contributed by atoms with E-state index in [4.69, 9.17) is 0 Å². The van der Waals surface area contributed by atoms with E-state index in [-0.39, 0.29) is 0 Å². The first-order valence-electron chi connectivity index (χ1n) is 28.0. The second kappa shape index (κ2) is 15.4. The van der Waals surface area contributed by atoms with Crippen LogP contribution in [0.1, 0.15) is 22.3 Å². The summed E-state index contributed by atoms with van der Waals surface area (Å²) in [7, 11) is 0. The van der Waals surface area contributed by atoms with Crippen molar-refractivity contribution in [1.82, 2.24) is 0 Å². The van der Waals surface area contributed by atoms with Crippen LogP contribution >= 0.6 is 0 Å². The molecule has 0 spiro atoms. The van der Waals surface area contributed by atoms with E-state index >= 15 is 0 Å². The van der Waals surface area contributed by atoms with Gasteiger partial charge in [-0.25, -0.2) is 0 Å². The molecule has 0 N–H and O–H groups in total. The molecule has 0 saturated heterocycles. The number of nitrogens with zero attached hydrogens (tertiary/aromatic N) is 2. The van der Waals surface area contributed by atoms with Gasteiger partial charge in [0.15, 0.2) is 0 Å². The topological polar surface area (TPSA) is 47.6 Å². The average Bonchev–Trinajstić information content (AvgIpc) is 2.52. The van der Waals surface area contributed by atoms with Crippen molar-refractivity contribution in [2.45, 2.75) is 6.42 Å². The lowest BCUT2D eigenvalue weighted by Crippen LogP contribution is -2.08. The molecule has 0 aliphatic heterocycles. The van der Waals surface area contributed by atoms with Gasteiger partial charge < -0.3 is 0 Å². The van der Waals surface area contributed by atoms with E-state index in [0.717, 1.165) is 28.0 Å². The molecule has 0 unspecified atom stereocenters. The first-order valence-corrected chi connectivity index (χ1v) is 28.0. The van der Waals surface area contributed by atoms with Crippen LogP contribution < -0.4 is 0 Å². The largest absolute Gasteiger partial charge is 0.192 e. The Bertz CT molecular complexity index is 5620. The van der Waals surface area contributed by atoms with Crippen molar-refractivity contribution < 1.29 is 0 Å². The fourth-order valence-electron chi connectivity index (χ4n) is 16.0. The lowest BCUT2D eigenvalue weighted by atomic mass is 9.72. The summed E-state index contributed by atoms with van der Waals surface area (Å²) in [6.07, 6.45) is 0.773. The summed E-state index contributed by atoms with van der Waals surface area (Å²) in [5.41, 5.74) is 21.3. The van der Waals surface area contributed by atoms with E-state index < -0.39 is 0 Å². The number of benzene rings is 15. The fourth-order valence-corrected chi connectivity index (χ4v) is 16.0. The van der Waals surface area contributed by atoms with Crippen LogP contribution in [0, 0.1) is 22.7 Å². The molecule has 17 aromatic rings. The van der Waals surface area contributed by atoms with Gasteiger partial charge >= 0.3 is 0 Å². The van der Waals surface area contributed by atoms with Gasteiger partial charge in [0, 0.05) is 10.8 Å². The first-order chi connectivity index (χ1) is 40.2. The lowest BCUT2D eigenvalue weighted by molar-refractivity contribution is 1.20. The highest BCUT2D eigenvalue weighted by Crippen LogP contribution is 2.63. The lowest BCUT2D eigenvalue weighted by Gasteiger charge is -2.31. The smallest absolute Gasteiger partial charge is 0.0998 e. The molecule has 366 valence electrons. The van der Waals surface area contributed by atoms with E-state index in [0.29, 0.717) is 11.1 Å². The third kappa shape index (κ3) is 5.26. The van der Waals surface area contributed by atoms with Crippen LogP contribution in [-0.2, 0) is 6.42 Å². The standard InChI is InChI=1S/C79H40N2/c80-40-47-28-31-58-68-49(47)23-13-25-55(68)74-63(42-15-5-1-6-16-42)62-39-46-27-30-51-53-34-37-61-72-60(38-35-54(71(53)72)52-33-36-57(64(46)70(51)52)73(62)65(76(58)74)43-17-7-2-8-18-43)78-66(44-19-9-3-10-20-44)75-56-26-14-24-50-48(41-81)29-32-59(69(50)56)77(75)67(79(61)78)45-21-11-4-12-22-45/h1-38H,39H2. The monoisotopic (exact) mass is 1020 g/mol. The Labute approximate surface area is 464 Å². The molecule has 2 aliphatic rings. The molecule has 0 bridgehead atoms. The van der Waals surface area contributed by atoms with Gasteiger partial charge in [0.05, 0.1) is 23.3 Å². The number of hydrogen-bond donors (Lipinski definition) is 0. The molecular formula is C79H40N2. The third-order valence-electron chi connectivity index (χ3n) is 18.9. The number of nitriles is 2. The van der Waals surface area contributed by atoms with Crippen molar-refractivity contribution in [1.29, 1.82) is 10.5 Å². The zero-order valence-electron chi connectivity index (χ0n) is 43.5. The Balaban J connectivity index is 0.965. The summed E-state index contributed by atoms with van der Waals surface area (Å²) in [5.74, 6) is 0. The van der Waals surface area contributed by atoms with E-state index in [1.807, 2.05) is 12.1 Å². The minimum atomic E-state index is 0.699. The van der Waals surface area contributed by atoms with Gasteiger partial charge in [0.1, 0.15) is 0 Å². The maximum atomic E-state index is 10.5. The predicted octanol–water partition coefficient (Wildman–Crippen LogP) is 21.2. The van der Waals surface area contributed by atoms with Gasteiger partial charge in [0.2, 0.25) is 0 Å². The Morgan fingerprint density at radius 2 is 0.593 bits per heavy atom. The molecule has 0 atom stereocenters. The van der Waals surface area contributed by atoms with Crippen molar-refractivity contribution in [3.05, 3.63) is 253 Å². The molecule has 0 saturated carbocycles. The van der Waals surface area contributed by atoms with Gasteiger partial charge in [0.25, 0.3) is 0 Å². The highest BCUT2D eigenvalue weighted by Gasteiger charge is 2.37. The highest BCUT2D eigenvalue weighted by molar-refractivity contribution is 6.50. The first kappa shape index (κ1) is 43.1. The molecule has 19 rings (SSSR count). The summed E-state index contributed by atoms with van der Waals surface area (Å²) in [4.78, 5) is 0. The van der Waals surface area contributed by atoms with Gasteiger partial charge in [-0.2, -0.15) is 10.5 Å². The Kier molecular flexibility index (Phi) is 8.22. The van der Waals surface area contributed by atoms with Crippen molar-refractivity contribution in [2.24, 2.45) is 0 Å². The van der Waals surface area contributed by atoms with Crippen molar-refractivity contribution in [2.75, 3.05) is 0 Å². The van der Waals surface area contributed by atoms with Crippen molar-refractivity contribution >= 4 is 108 Å². The normalized spacial score (nSPS) is 12.6. The molecule has 81 heavy (non-hydrogen) atoms. The molecule has 2 heteroatoms.